The van der Waals surface area contributed by atoms with Crippen LogP contribution in [0.1, 0.15) is 24.9 Å². The Kier molecular flexibility index (Phi) is 5.91. The second-order valence-electron chi connectivity index (χ2n) is 4.82. The molecular weight excluding hydrogens is 309 g/mol. The van der Waals surface area contributed by atoms with Crippen LogP contribution in [0.4, 0.5) is 5.95 Å². The number of rotatable bonds is 7. The van der Waals surface area contributed by atoms with Crippen molar-refractivity contribution in [3.63, 3.8) is 0 Å². The Labute approximate surface area is 135 Å². The number of aryl methyl sites for hydroxylation is 1. The lowest BCUT2D eigenvalue weighted by Crippen LogP contribution is -2.12. The molecule has 2 aromatic rings. The molecule has 0 saturated heterocycles. The van der Waals surface area contributed by atoms with Gasteiger partial charge in [0, 0.05) is 42.7 Å². The Morgan fingerprint density at radius 2 is 2.19 bits per heavy atom. The lowest BCUT2D eigenvalue weighted by molar-refractivity contribution is 0.190. The first-order chi connectivity index (χ1) is 10.1. The Balaban J connectivity index is 2.05. The molecule has 1 N–H and O–H groups in total. The largest absolute Gasteiger partial charge is 0.385 e. The first kappa shape index (κ1) is 16.1. The number of hydrogen-bond donors (Lipinski definition) is 1. The number of aromatic nitrogens is 2. The highest BCUT2D eigenvalue weighted by Gasteiger charge is 2.12. The molecule has 0 bridgehead atoms. The van der Waals surface area contributed by atoms with Crippen LogP contribution in [0.5, 0.6) is 0 Å². The van der Waals surface area contributed by atoms with Crippen LogP contribution in [0.15, 0.2) is 30.6 Å². The third-order valence-corrected chi connectivity index (χ3v) is 3.80. The van der Waals surface area contributed by atoms with E-state index in [1.54, 1.807) is 19.4 Å². The summed E-state index contributed by atoms with van der Waals surface area (Å²) in [6, 6.07) is 5.56. The maximum Gasteiger partial charge on any atom is 0.203 e. The summed E-state index contributed by atoms with van der Waals surface area (Å²) in [6.45, 7) is 3.64. The molecule has 0 radical (unpaired) electrons. The van der Waals surface area contributed by atoms with E-state index >= 15 is 0 Å². The van der Waals surface area contributed by atoms with Crippen LogP contribution in [0.2, 0.25) is 10.0 Å². The Hall–Kier alpha value is -1.23. The van der Waals surface area contributed by atoms with E-state index < -0.39 is 0 Å². The Bertz CT molecular complexity index is 586. The van der Waals surface area contributed by atoms with Gasteiger partial charge in [0.05, 0.1) is 6.04 Å². The number of nitrogens with one attached hydrogen (secondary N) is 1. The van der Waals surface area contributed by atoms with Crippen LogP contribution in [-0.4, -0.2) is 23.3 Å². The Morgan fingerprint density at radius 3 is 2.90 bits per heavy atom. The van der Waals surface area contributed by atoms with E-state index in [1.807, 2.05) is 25.3 Å². The molecule has 1 aromatic heterocycles. The monoisotopic (exact) mass is 327 g/mol. The normalized spacial score (nSPS) is 12.4. The quantitative estimate of drug-likeness (QED) is 0.766. The molecule has 114 valence electrons. The summed E-state index contributed by atoms with van der Waals surface area (Å²) in [5.74, 6) is 0.824. The zero-order valence-electron chi connectivity index (χ0n) is 12.1. The fraction of sp³-hybridized carbons (Fsp3) is 0.400. The number of imidazole rings is 1. The van der Waals surface area contributed by atoms with Crippen LogP contribution in [0.25, 0.3) is 0 Å². The molecule has 0 fully saturated rings. The summed E-state index contributed by atoms with van der Waals surface area (Å²) in [6.07, 6.45) is 4.68. The van der Waals surface area contributed by atoms with Gasteiger partial charge < -0.3 is 14.6 Å². The van der Waals surface area contributed by atoms with Crippen molar-refractivity contribution in [1.29, 1.82) is 0 Å². The predicted molar refractivity (Wildman–Crippen MR) is 87.2 cm³/mol. The molecule has 0 spiro atoms. The summed E-state index contributed by atoms with van der Waals surface area (Å²) in [7, 11) is 1.71. The van der Waals surface area contributed by atoms with E-state index in [1.165, 1.54) is 0 Å². The van der Waals surface area contributed by atoms with Crippen molar-refractivity contribution in [2.45, 2.75) is 25.9 Å². The van der Waals surface area contributed by atoms with Crippen molar-refractivity contribution >= 4 is 29.2 Å². The molecule has 2 rings (SSSR count). The van der Waals surface area contributed by atoms with Crippen molar-refractivity contribution in [2.24, 2.45) is 0 Å². The van der Waals surface area contributed by atoms with Crippen molar-refractivity contribution in [3.8, 4) is 0 Å². The van der Waals surface area contributed by atoms with Gasteiger partial charge in [0.15, 0.2) is 0 Å². The highest BCUT2D eigenvalue weighted by atomic mass is 35.5. The molecule has 1 aromatic carbocycles. The summed E-state index contributed by atoms with van der Waals surface area (Å²) >= 11 is 12.2. The molecule has 0 aliphatic rings. The minimum absolute atomic E-state index is 0.0401. The van der Waals surface area contributed by atoms with Crippen LogP contribution in [0, 0.1) is 0 Å². The highest BCUT2D eigenvalue weighted by molar-refractivity contribution is 6.35. The third-order valence-electron chi connectivity index (χ3n) is 3.24. The number of halogens is 2. The van der Waals surface area contributed by atoms with Gasteiger partial charge in [-0.25, -0.2) is 4.98 Å². The fourth-order valence-corrected chi connectivity index (χ4v) is 2.71. The van der Waals surface area contributed by atoms with Gasteiger partial charge in [0.2, 0.25) is 5.95 Å². The van der Waals surface area contributed by atoms with E-state index in [4.69, 9.17) is 27.9 Å². The van der Waals surface area contributed by atoms with Crippen molar-refractivity contribution in [3.05, 3.63) is 46.2 Å². The molecule has 0 saturated carbocycles. The van der Waals surface area contributed by atoms with Gasteiger partial charge in [0.1, 0.15) is 0 Å². The molecule has 1 unspecified atom stereocenters. The number of hydrogen-bond acceptors (Lipinski definition) is 3. The summed E-state index contributed by atoms with van der Waals surface area (Å²) in [5.41, 5.74) is 0.993. The summed E-state index contributed by atoms with van der Waals surface area (Å²) in [4.78, 5) is 4.35. The van der Waals surface area contributed by atoms with E-state index in [0.29, 0.717) is 10.0 Å². The average molecular weight is 328 g/mol. The molecule has 6 heteroatoms. The summed E-state index contributed by atoms with van der Waals surface area (Å²) < 4.78 is 7.14. The molecule has 1 atom stereocenters. The van der Waals surface area contributed by atoms with Crippen LogP contribution in [-0.2, 0) is 11.3 Å². The number of benzene rings is 1. The predicted octanol–water partition coefficient (Wildman–Crippen LogP) is 4.40. The third kappa shape index (κ3) is 4.37. The van der Waals surface area contributed by atoms with Crippen LogP contribution >= 0.6 is 23.2 Å². The maximum absolute atomic E-state index is 6.24. The lowest BCUT2D eigenvalue weighted by Gasteiger charge is -2.17. The molecule has 21 heavy (non-hydrogen) atoms. The van der Waals surface area contributed by atoms with Crippen molar-refractivity contribution < 1.29 is 4.74 Å². The van der Waals surface area contributed by atoms with Gasteiger partial charge in [-0.05, 0) is 31.0 Å². The first-order valence-corrected chi connectivity index (χ1v) is 7.59. The van der Waals surface area contributed by atoms with E-state index in [9.17, 15) is 0 Å². The number of ether oxygens (including phenoxy) is 1. The number of nitrogens with zero attached hydrogens (tertiary/aromatic N) is 2. The van der Waals surface area contributed by atoms with E-state index in [-0.39, 0.29) is 6.04 Å². The van der Waals surface area contributed by atoms with Gasteiger partial charge in [-0.15, -0.1) is 0 Å². The van der Waals surface area contributed by atoms with Crippen LogP contribution in [0.3, 0.4) is 0 Å². The minimum Gasteiger partial charge on any atom is -0.385 e. The smallest absolute Gasteiger partial charge is 0.203 e. The first-order valence-electron chi connectivity index (χ1n) is 6.83. The maximum atomic E-state index is 6.24. The minimum atomic E-state index is 0.0401. The topological polar surface area (TPSA) is 39.1 Å². The average Bonchev–Trinajstić information content (AvgIpc) is 2.86. The molecule has 4 nitrogen and oxygen atoms in total. The highest BCUT2D eigenvalue weighted by Crippen LogP contribution is 2.28. The van der Waals surface area contributed by atoms with E-state index in [2.05, 4.69) is 14.9 Å². The van der Waals surface area contributed by atoms with Gasteiger partial charge in [0.25, 0.3) is 0 Å². The zero-order valence-corrected chi connectivity index (χ0v) is 13.7. The second-order valence-corrected chi connectivity index (χ2v) is 5.67. The van der Waals surface area contributed by atoms with Gasteiger partial charge in [-0.3, -0.25) is 0 Å². The van der Waals surface area contributed by atoms with Crippen LogP contribution < -0.4 is 5.32 Å². The number of methoxy groups -OCH3 is 1. The van der Waals surface area contributed by atoms with Gasteiger partial charge in [-0.2, -0.15) is 0 Å². The molecular formula is C15H19Cl2N3O. The Morgan fingerprint density at radius 1 is 1.38 bits per heavy atom. The van der Waals surface area contributed by atoms with Gasteiger partial charge in [-0.1, -0.05) is 29.3 Å². The van der Waals surface area contributed by atoms with E-state index in [0.717, 1.165) is 31.1 Å². The van der Waals surface area contributed by atoms with Crippen molar-refractivity contribution in [2.75, 3.05) is 19.0 Å². The fourth-order valence-electron chi connectivity index (χ4n) is 2.13. The molecule has 1 heterocycles. The summed E-state index contributed by atoms with van der Waals surface area (Å²) in [5, 5.41) is 4.67. The van der Waals surface area contributed by atoms with Crippen molar-refractivity contribution in [1.82, 2.24) is 9.55 Å². The zero-order chi connectivity index (χ0) is 15.2. The molecule has 0 aliphatic heterocycles. The SMILES string of the molecule is COCCCn1ccnc1NC(C)c1ccc(Cl)cc1Cl. The number of anilines is 1. The lowest BCUT2D eigenvalue weighted by atomic mass is 10.1. The molecule has 0 amide bonds. The second kappa shape index (κ2) is 7.69. The van der Waals surface area contributed by atoms with Gasteiger partial charge >= 0.3 is 0 Å². The standard InChI is InChI=1S/C15H19Cl2N3O/c1-11(13-5-4-12(16)10-14(13)17)19-15-18-6-8-20(15)7-3-9-21-2/h4-6,8,10-11H,3,7,9H2,1-2H3,(H,18,19). The molecule has 0 aliphatic carbocycles.